The number of hydrogen-bond donors (Lipinski definition) is 1. The number of hydrogen-bond acceptors (Lipinski definition) is 6. The Balaban J connectivity index is 1.63. The number of benzene rings is 1. The van der Waals surface area contributed by atoms with Gasteiger partial charge in [0, 0.05) is 23.9 Å². The van der Waals surface area contributed by atoms with E-state index in [1.165, 1.54) is 20.5 Å². The van der Waals surface area contributed by atoms with Gasteiger partial charge in [-0.15, -0.1) is 11.3 Å². The van der Waals surface area contributed by atoms with Gasteiger partial charge in [-0.3, -0.25) is 18.7 Å². The molecule has 1 amide bonds. The van der Waals surface area contributed by atoms with Gasteiger partial charge in [0.1, 0.15) is 16.1 Å². The van der Waals surface area contributed by atoms with E-state index in [1.807, 2.05) is 38.1 Å². The van der Waals surface area contributed by atoms with E-state index in [-0.39, 0.29) is 30.7 Å². The number of aryl methyl sites for hydroxylation is 2. The lowest BCUT2D eigenvalue weighted by atomic mass is 10.1. The van der Waals surface area contributed by atoms with Crippen molar-refractivity contribution in [3.05, 3.63) is 68.5 Å². The van der Waals surface area contributed by atoms with Crippen molar-refractivity contribution < 1.29 is 9.53 Å². The average molecular weight is 465 g/mol. The molecule has 33 heavy (non-hydrogen) atoms. The zero-order valence-corrected chi connectivity index (χ0v) is 19.3. The van der Waals surface area contributed by atoms with Crippen LogP contribution in [0.2, 0.25) is 0 Å². The Bertz CT molecular complexity index is 1470. The molecule has 0 unspecified atom stereocenters. The van der Waals surface area contributed by atoms with E-state index in [0.717, 1.165) is 29.7 Å². The molecule has 0 aliphatic carbocycles. The van der Waals surface area contributed by atoms with E-state index in [4.69, 9.17) is 4.74 Å². The van der Waals surface area contributed by atoms with Crippen molar-refractivity contribution in [3.63, 3.8) is 0 Å². The van der Waals surface area contributed by atoms with Crippen LogP contribution in [0.15, 0.2) is 46.1 Å². The van der Waals surface area contributed by atoms with Gasteiger partial charge in [0.2, 0.25) is 5.91 Å². The van der Waals surface area contributed by atoms with Crippen LogP contribution in [0.4, 0.5) is 5.69 Å². The molecule has 0 bridgehead atoms. The van der Waals surface area contributed by atoms with Gasteiger partial charge >= 0.3 is 5.69 Å². The van der Waals surface area contributed by atoms with Crippen molar-refractivity contribution in [2.75, 3.05) is 11.9 Å². The number of nitrogens with zero attached hydrogens (tertiary/aromatic N) is 3. The minimum atomic E-state index is -0.511. The molecule has 170 valence electrons. The standard InChI is InChI=1S/C24H24N4O4S/c1-14-6-3-7-15(2)19(14)26-18(29)13-27-20-17-9-4-10-25-22(17)33-21(20)23(30)28(24(27)31)12-16-8-5-11-32-16/h3-4,6-7,9-10,16H,5,8,11-13H2,1-2H3,(H,26,29)/t16-/m0/s1. The van der Waals surface area contributed by atoms with Gasteiger partial charge in [0.15, 0.2) is 0 Å². The summed E-state index contributed by atoms with van der Waals surface area (Å²) in [7, 11) is 0. The maximum absolute atomic E-state index is 13.5. The number of para-hydroxylation sites is 1. The number of amides is 1. The third-order valence-electron chi connectivity index (χ3n) is 6.07. The molecule has 4 heterocycles. The fraction of sp³-hybridized carbons (Fsp3) is 0.333. The summed E-state index contributed by atoms with van der Waals surface area (Å²) in [5.41, 5.74) is 2.20. The first-order valence-electron chi connectivity index (χ1n) is 10.9. The summed E-state index contributed by atoms with van der Waals surface area (Å²) in [6, 6.07) is 9.36. The molecule has 1 aromatic carbocycles. The van der Waals surface area contributed by atoms with Crippen molar-refractivity contribution in [1.29, 1.82) is 0 Å². The van der Waals surface area contributed by atoms with E-state index in [0.29, 0.717) is 27.0 Å². The highest BCUT2D eigenvalue weighted by Gasteiger charge is 2.24. The van der Waals surface area contributed by atoms with Gasteiger partial charge in [-0.05, 0) is 49.9 Å². The van der Waals surface area contributed by atoms with Crippen molar-refractivity contribution in [3.8, 4) is 0 Å². The van der Waals surface area contributed by atoms with Crippen LogP contribution in [-0.4, -0.2) is 32.7 Å². The maximum atomic E-state index is 13.5. The largest absolute Gasteiger partial charge is 0.376 e. The average Bonchev–Trinajstić information content (AvgIpc) is 3.45. The van der Waals surface area contributed by atoms with E-state index >= 15 is 0 Å². The van der Waals surface area contributed by atoms with Crippen LogP contribution >= 0.6 is 11.3 Å². The topological polar surface area (TPSA) is 95.2 Å². The van der Waals surface area contributed by atoms with Crippen molar-refractivity contribution in [1.82, 2.24) is 14.1 Å². The van der Waals surface area contributed by atoms with Crippen molar-refractivity contribution in [2.24, 2.45) is 0 Å². The number of anilines is 1. The highest BCUT2D eigenvalue weighted by molar-refractivity contribution is 7.25. The molecule has 1 aliphatic heterocycles. The van der Waals surface area contributed by atoms with Crippen molar-refractivity contribution >= 4 is 43.4 Å². The molecule has 1 atom stereocenters. The molecule has 0 radical (unpaired) electrons. The number of rotatable bonds is 5. The van der Waals surface area contributed by atoms with Crippen molar-refractivity contribution in [2.45, 2.75) is 45.9 Å². The van der Waals surface area contributed by atoms with Crippen LogP contribution in [0.25, 0.3) is 20.4 Å². The van der Waals surface area contributed by atoms with Gasteiger partial charge in [0.05, 0.1) is 18.2 Å². The number of carbonyl (C=O) groups is 1. The first-order valence-corrected chi connectivity index (χ1v) is 11.7. The van der Waals surface area contributed by atoms with Gasteiger partial charge in [-0.2, -0.15) is 0 Å². The Kier molecular flexibility index (Phi) is 5.59. The Morgan fingerprint density at radius 2 is 1.97 bits per heavy atom. The first-order chi connectivity index (χ1) is 15.9. The normalized spacial score (nSPS) is 16.0. The number of pyridine rings is 1. The fourth-order valence-electron chi connectivity index (χ4n) is 4.42. The second kappa shape index (κ2) is 8.57. The van der Waals surface area contributed by atoms with Gasteiger partial charge in [0.25, 0.3) is 5.56 Å². The lowest BCUT2D eigenvalue weighted by Gasteiger charge is -2.16. The molecule has 3 aromatic heterocycles. The Hall–Kier alpha value is -3.30. The van der Waals surface area contributed by atoms with Crippen LogP contribution in [0.3, 0.4) is 0 Å². The zero-order valence-electron chi connectivity index (χ0n) is 18.5. The Morgan fingerprint density at radius 3 is 2.70 bits per heavy atom. The molecule has 4 aromatic rings. The van der Waals surface area contributed by atoms with E-state index in [9.17, 15) is 14.4 Å². The van der Waals surface area contributed by atoms with Crippen LogP contribution in [0.1, 0.15) is 24.0 Å². The molecular weight excluding hydrogens is 440 g/mol. The smallest absolute Gasteiger partial charge is 0.332 e. The number of nitrogens with one attached hydrogen (secondary N) is 1. The molecule has 0 spiro atoms. The lowest BCUT2D eigenvalue weighted by molar-refractivity contribution is -0.116. The third kappa shape index (κ3) is 3.87. The predicted octanol–water partition coefficient (Wildman–Crippen LogP) is 3.21. The van der Waals surface area contributed by atoms with Gasteiger partial charge < -0.3 is 10.1 Å². The molecule has 1 aliphatic rings. The zero-order chi connectivity index (χ0) is 23.1. The van der Waals surface area contributed by atoms with Crippen LogP contribution in [0, 0.1) is 13.8 Å². The first kappa shape index (κ1) is 21.5. The summed E-state index contributed by atoms with van der Waals surface area (Å²) in [5, 5.41) is 3.63. The summed E-state index contributed by atoms with van der Waals surface area (Å²) in [5.74, 6) is -0.332. The molecular formula is C24H24N4O4S. The summed E-state index contributed by atoms with van der Waals surface area (Å²) in [6.07, 6.45) is 3.17. The monoisotopic (exact) mass is 464 g/mol. The number of carbonyl (C=O) groups excluding carboxylic acids is 1. The third-order valence-corrected chi connectivity index (χ3v) is 7.16. The molecule has 9 heteroatoms. The van der Waals surface area contributed by atoms with Crippen LogP contribution in [-0.2, 0) is 22.6 Å². The molecule has 8 nitrogen and oxygen atoms in total. The Labute approximate surface area is 193 Å². The molecule has 1 saturated heterocycles. The van der Waals surface area contributed by atoms with Gasteiger partial charge in [-0.25, -0.2) is 9.78 Å². The lowest BCUT2D eigenvalue weighted by Crippen LogP contribution is -2.43. The quantitative estimate of drug-likeness (QED) is 0.489. The molecule has 5 rings (SSSR count). The van der Waals surface area contributed by atoms with Crippen LogP contribution in [0.5, 0.6) is 0 Å². The summed E-state index contributed by atoms with van der Waals surface area (Å²) < 4.78 is 8.69. The predicted molar refractivity (Wildman–Crippen MR) is 129 cm³/mol. The minimum Gasteiger partial charge on any atom is -0.376 e. The van der Waals surface area contributed by atoms with E-state index in [2.05, 4.69) is 10.3 Å². The second-order valence-electron chi connectivity index (χ2n) is 8.37. The number of thiophene rings is 1. The molecule has 1 N–H and O–H groups in total. The molecule has 1 fully saturated rings. The summed E-state index contributed by atoms with van der Waals surface area (Å²) in [6.45, 7) is 4.43. The highest BCUT2D eigenvalue weighted by atomic mass is 32.1. The number of fused-ring (bicyclic) bond motifs is 3. The SMILES string of the molecule is Cc1cccc(C)c1NC(=O)Cn1c(=O)n(C[C@@H]2CCCO2)c(=O)c2sc3ncccc3c21. The van der Waals surface area contributed by atoms with E-state index < -0.39 is 5.69 Å². The van der Waals surface area contributed by atoms with Crippen LogP contribution < -0.4 is 16.6 Å². The maximum Gasteiger partial charge on any atom is 0.332 e. The van der Waals surface area contributed by atoms with Gasteiger partial charge in [-0.1, -0.05) is 18.2 Å². The molecule has 0 saturated carbocycles. The van der Waals surface area contributed by atoms with E-state index in [1.54, 1.807) is 12.3 Å². The number of aromatic nitrogens is 3. The highest BCUT2D eigenvalue weighted by Crippen LogP contribution is 2.29. The Morgan fingerprint density at radius 1 is 1.18 bits per heavy atom. The number of ether oxygens (including phenoxy) is 1. The minimum absolute atomic E-state index is 0.174. The summed E-state index contributed by atoms with van der Waals surface area (Å²) in [4.78, 5) is 44.9. The second-order valence-corrected chi connectivity index (χ2v) is 9.37. The fourth-order valence-corrected chi connectivity index (χ4v) is 5.51. The summed E-state index contributed by atoms with van der Waals surface area (Å²) >= 11 is 1.24.